The summed E-state index contributed by atoms with van der Waals surface area (Å²) in [6.45, 7) is 1.42. The summed E-state index contributed by atoms with van der Waals surface area (Å²) in [5.41, 5.74) is 0. The Morgan fingerprint density at radius 1 is 1.56 bits per heavy atom. The van der Waals surface area contributed by atoms with Crippen LogP contribution in [0.5, 0.6) is 0 Å². The quantitative estimate of drug-likeness (QED) is 0.549. The molecule has 9 heavy (non-hydrogen) atoms. The second kappa shape index (κ2) is 3.17. The van der Waals surface area contributed by atoms with Gasteiger partial charge in [0, 0.05) is 6.92 Å². The highest BCUT2D eigenvalue weighted by Crippen LogP contribution is 2.33. The monoisotopic (exact) mass is 162 g/mol. The Morgan fingerprint density at radius 2 is 2.11 bits per heavy atom. The van der Waals surface area contributed by atoms with Crippen LogP contribution in [-0.2, 0) is 9.53 Å². The third kappa shape index (κ3) is 2.32. The standard InChI is InChI=1S/C5H6O2S2/c1-4(6)7-5-8-2-3-9-5/h2-3,5H,1H3. The molecule has 0 radical (unpaired) electrons. The highest BCUT2D eigenvalue weighted by atomic mass is 32.2. The molecule has 4 heteroatoms. The molecule has 1 rings (SSSR count). The van der Waals surface area contributed by atoms with Crippen molar-refractivity contribution < 1.29 is 9.53 Å². The van der Waals surface area contributed by atoms with E-state index in [0.29, 0.717) is 0 Å². The maximum absolute atomic E-state index is 10.3. The van der Waals surface area contributed by atoms with Gasteiger partial charge in [-0.25, -0.2) is 0 Å². The molecule has 0 unspecified atom stereocenters. The van der Waals surface area contributed by atoms with Gasteiger partial charge in [-0.1, -0.05) is 23.5 Å². The summed E-state index contributed by atoms with van der Waals surface area (Å²) in [7, 11) is 0. The topological polar surface area (TPSA) is 26.3 Å². The zero-order chi connectivity index (χ0) is 6.69. The van der Waals surface area contributed by atoms with Gasteiger partial charge in [0.05, 0.1) is 0 Å². The van der Waals surface area contributed by atoms with E-state index in [2.05, 4.69) is 0 Å². The molecule has 0 spiro atoms. The van der Waals surface area contributed by atoms with Crippen LogP contribution in [0.15, 0.2) is 10.8 Å². The summed E-state index contributed by atoms with van der Waals surface area (Å²) < 4.78 is 4.80. The Bertz CT molecular complexity index is 136. The molecule has 1 aliphatic heterocycles. The summed E-state index contributed by atoms with van der Waals surface area (Å²) in [5, 5.41) is 3.83. The van der Waals surface area contributed by atoms with Gasteiger partial charge >= 0.3 is 5.97 Å². The van der Waals surface area contributed by atoms with Crippen molar-refractivity contribution in [3.8, 4) is 0 Å². The van der Waals surface area contributed by atoms with Crippen LogP contribution in [0.1, 0.15) is 6.92 Å². The molecule has 50 valence electrons. The summed E-state index contributed by atoms with van der Waals surface area (Å²) in [6, 6.07) is 0. The van der Waals surface area contributed by atoms with Crippen LogP contribution < -0.4 is 0 Å². The van der Waals surface area contributed by atoms with E-state index < -0.39 is 0 Å². The molecule has 0 bridgehead atoms. The normalized spacial score (nSPS) is 18.3. The van der Waals surface area contributed by atoms with Gasteiger partial charge in [0.25, 0.3) is 0 Å². The zero-order valence-corrected chi connectivity index (χ0v) is 6.50. The van der Waals surface area contributed by atoms with Crippen LogP contribution in [0.3, 0.4) is 0 Å². The van der Waals surface area contributed by atoms with Crippen LogP contribution in [0.25, 0.3) is 0 Å². The van der Waals surface area contributed by atoms with Crippen molar-refractivity contribution in [1.29, 1.82) is 0 Å². The SMILES string of the molecule is CC(=O)OC1SC=CS1. The maximum atomic E-state index is 10.3. The smallest absolute Gasteiger partial charge is 0.304 e. The predicted octanol–water partition coefficient (Wildman–Crippen LogP) is 1.78. The summed E-state index contributed by atoms with van der Waals surface area (Å²) in [6.07, 6.45) is 0. The molecule has 0 aliphatic carbocycles. The predicted molar refractivity (Wildman–Crippen MR) is 39.9 cm³/mol. The van der Waals surface area contributed by atoms with Gasteiger partial charge in [-0.15, -0.1) is 0 Å². The van der Waals surface area contributed by atoms with Crippen molar-refractivity contribution in [1.82, 2.24) is 0 Å². The number of carbonyl (C=O) groups is 1. The van der Waals surface area contributed by atoms with Crippen LogP contribution in [0, 0.1) is 0 Å². The second-order valence-corrected chi connectivity index (χ2v) is 3.69. The van der Waals surface area contributed by atoms with Gasteiger partial charge in [-0.2, -0.15) is 0 Å². The molecule has 1 heterocycles. The first kappa shape index (κ1) is 7.02. The molecule has 0 aromatic carbocycles. The second-order valence-electron chi connectivity index (χ2n) is 1.44. The van der Waals surface area contributed by atoms with Crippen LogP contribution in [0.2, 0.25) is 0 Å². The number of carbonyl (C=O) groups excluding carboxylic acids is 1. The highest BCUT2D eigenvalue weighted by molar-refractivity contribution is 8.22. The van der Waals surface area contributed by atoms with Gasteiger partial charge in [-0.3, -0.25) is 4.79 Å². The molecule has 0 saturated carbocycles. The molecule has 0 amide bonds. The lowest BCUT2D eigenvalue weighted by atomic mass is 10.8. The van der Waals surface area contributed by atoms with Crippen LogP contribution >= 0.6 is 23.5 Å². The first-order valence-corrected chi connectivity index (χ1v) is 4.31. The fraction of sp³-hybridized carbons (Fsp3) is 0.400. The molecule has 0 aromatic rings. The van der Waals surface area contributed by atoms with Crippen molar-refractivity contribution in [2.45, 2.75) is 11.7 Å². The van der Waals surface area contributed by atoms with E-state index >= 15 is 0 Å². The number of ether oxygens (including phenoxy) is 1. The molecular weight excluding hydrogens is 156 g/mol. The Kier molecular flexibility index (Phi) is 2.48. The van der Waals surface area contributed by atoms with Crippen molar-refractivity contribution in [3.63, 3.8) is 0 Å². The summed E-state index contributed by atoms with van der Waals surface area (Å²) in [4.78, 5) is 10.3. The number of hydrogen-bond donors (Lipinski definition) is 0. The van der Waals surface area contributed by atoms with Gasteiger partial charge in [-0.05, 0) is 10.8 Å². The fourth-order valence-corrected chi connectivity index (χ4v) is 2.21. The molecule has 0 aromatic heterocycles. The minimum Gasteiger partial charge on any atom is -0.440 e. The third-order valence-corrected chi connectivity index (χ3v) is 2.76. The van der Waals surface area contributed by atoms with E-state index in [1.54, 1.807) is 0 Å². The minimum absolute atomic E-state index is 0.0394. The van der Waals surface area contributed by atoms with Gasteiger partial charge < -0.3 is 4.74 Å². The average molecular weight is 162 g/mol. The molecule has 0 saturated heterocycles. The Balaban J connectivity index is 2.22. The lowest BCUT2D eigenvalue weighted by molar-refractivity contribution is -0.139. The summed E-state index contributed by atoms with van der Waals surface area (Å²) in [5.74, 6) is -0.219. The van der Waals surface area contributed by atoms with Crippen molar-refractivity contribution in [3.05, 3.63) is 10.8 Å². The highest BCUT2D eigenvalue weighted by Gasteiger charge is 2.13. The first-order chi connectivity index (χ1) is 4.29. The lowest BCUT2D eigenvalue weighted by Crippen LogP contribution is -2.04. The fourth-order valence-electron chi connectivity index (χ4n) is 0.416. The molecule has 0 N–H and O–H groups in total. The van der Waals surface area contributed by atoms with Gasteiger partial charge in [0.2, 0.25) is 4.77 Å². The van der Waals surface area contributed by atoms with Gasteiger partial charge in [0.1, 0.15) is 0 Å². The molecule has 1 aliphatic rings. The lowest BCUT2D eigenvalue weighted by Gasteiger charge is -2.05. The number of hydrogen-bond acceptors (Lipinski definition) is 4. The summed E-state index contributed by atoms with van der Waals surface area (Å²) >= 11 is 3.02. The number of rotatable bonds is 1. The van der Waals surface area contributed by atoms with E-state index in [1.807, 2.05) is 10.8 Å². The van der Waals surface area contributed by atoms with Crippen LogP contribution in [0.4, 0.5) is 0 Å². The number of esters is 1. The van der Waals surface area contributed by atoms with E-state index in [1.165, 1.54) is 30.4 Å². The van der Waals surface area contributed by atoms with Crippen molar-refractivity contribution >= 4 is 29.5 Å². The Labute approximate surface area is 62.0 Å². The largest absolute Gasteiger partial charge is 0.440 e. The minimum atomic E-state index is -0.219. The molecule has 0 fully saturated rings. The average Bonchev–Trinajstić information content (AvgIpc) is 2.15. The van der Waals surface area contributed by atoms with Crippen LogP contribution in [-0.4, -0.2) is 10.7 Å². The van der Waals surface area contributed by atoms with E-state index in [4.69, 9.17) is 4.74 Å². The van der Waals surface area contributed by atoms with Gasteiger partial charge in [0.15, 0.2) is 0 Å². The Morgan fingerprint density at radius 3 is 2.56 bits per heavy atom. The van der Waals surface area contributed by atoms with E-state index in [0.717, 1.165) is 0 Å². The number of thioether (sulfide) groups is 2. The Hall–Kier alpha value is -0.0900. The van der Waals surface area contributed by atoms with Crippen molar-refractivity contribution in [2.75, 3.05) is 0 Å². The maximum Gasteiger partial charge on any atom is 0.304 e. The van der Waals surface area contributed by atoms with E-state index in [-0.39, 0.29) is 10.7 Å². The molecule has 2 nitrogen and oxygen atoms in total. The third-order valence-electron chi connectivity index (χ3n) is 0.697. The zero-order valence-electron chi connectivity index (χ0n) is 4.87. The molecule has 0 atom stereocenters. The van der Waals surface area contributed by atoms with E-state index in [9.17, 15) is 4.79 Å². The molecular formula is C5H6O2S2. The first-order valence-electron chi connectivity index (χ1n) is 2.42. The van der Waals surface area contributed by atoms with Crippen molar-refractivity contribution in [2.24, 2.45) is 0 Å².